The molecule has 0 radical (unpaired) electrons. The average molecular weight is 717 g/mol. The van der Waals surface area contributed by atoms with Crippen molar-refractivity contribution < 1.29 is 0 Å². The summed E-state index contributed by atoms with van der Waals surface area (Å²) in [4.78, 5) is 4.86. The Hall–Kier alpha value is -7.16. The Balaban J connectivity index is 1.19. The van der Waals surface area contributed by atoms with E-state index in [2.05, 4.69) is 230 Å². The average Bonchev–Trinajstić information content (AvgIpc) is 3.25. The summed E-state index contributed by atoms with van der Waals surface area (Å²) in [7, 11) is 0. The molecule has 0 saturated carbocycles. The van der Waals surface area contributed by atoms with Crippen molar-refractivity contribution in [2.24, 2.45) is 0 Å². The number of nitrogens with zero attached hydrogens (tertiary/aromatic N) is 2. The lowest BCUT2D eigenvalue weighted by molar-refractivity contribution is 1.30. The summed E-state index contributed by atoms with van der Waals surface area (Å²) in [5.41, 5.74) is 11.8. The van der Waals surface area contributed by atoms with Gasteiger partial charge in [-0.05, 0) is 95.1 Å². The lowest BCUT2D eigenvalue weighted by Crippen LogP contribution is -2.11. The van der Waals surface area contributed by atoms with E-state index in [1.54, 1.807) is 0 Å². The van der Waals surface area contributed by atoms with Crippen LogP contribution in [0.1, 0.15) is 11.1 Å². The second-order valence-electron chi connectivity index (χ2n) is 14.7. The SMILES string of the molecule is Cc1ccc(N(c2cccc3ccccc23)c2ccc(-c3ccc(N(c4ccc(C)cc4)c4cccc5ccccc45)c4ccccc34)c3ccccc23)cc1. The first-order valence-corrected chi connectivity index (χ1v) is 19.4. The third kappa shape index (κ3) is 5.75. The van der Waals surface area contributed by atoms with Gasteiger partial charge in [-0.2, -0.15) is 0 Å². The third-order valence-electron chi connectivity index (χ3n) is 11.2. The second-order valence-corrected chi connectivity index (χ2v) is 14.7. The van der Waals surface area contributed by atoms with Gasteiger partial charge in [0.15, 0.2) is 0 Å². The van der Waals surface area contributed by atoms with Crippen molar-refractivity contribution in [1.29, 1.82) is 0 Å². The van der Waals surface area contributed by atoms with Crippen molar-refractivity contribution >= 4 is 77.2 Å². The van der Waals surface area contributed by atoms with Crippen LogP contribution in [-0.2, 0) is 0 Å². The van der Waals surface area contributed by atoms with Crippen molar-refractivity contribution in [2.75, 3.05) is 9.80 Å². The summed E-state index contributed by atoms with van der Waals surface area (Å²) in [6, 6.07) is 75.4. The quantitative estimate of drug-likeness (QED) is 0.162. The van der Waals surface area contributed by atoms with E-state index in [0.29, 0.717) is 0 Å². The van der Waals surface area contributed by atoms with Gasteiger partial charge < -0.3 is 9.80 Å². The van der Waals surface area contributed by atoms with Crippen LogP contribution in [0.3, 0.4) is 0 Å². The summed E-state index contributed by atoms with van der Waals surface area (Å²) in [6.07, 6.45) is 0. The van der Waals surface area contributed by atoms with Gasteiger partial charge in [-0.25, -0.2) is 0 Å². The van der Waals surface area contributed by atoms with Crippen LogP contribution in [0.5, 0.6) is 0 Å². The normalized spacial score (nSPS) is 11.4. The fraction of sp³-hybridized carbons (Fsp3) is 0.0370. The summed E-state index contributed by atoms with van der Waals surface area (Å²) >= 11 is 0. The number of anilines is 6. The predicted octanol–water partition coefficient (Wildman–Crippen LogP) is 15.5. The molecular weight excluding hydrogens is 677 g/mol. The number of benzene rings is 10. The summed E-state index contributed by atoms with van der Waals surface area (Å²) in [5, 5.41) is 9.70. The van der Waals surface area contributed by atoms with E-state index < -0.39 is 0 Å². The minimum absolute atomic E-state index is 1.13. The van der Waals surface area contributed by atoms with Gasteiger partial charge >= 0.3 is 0 Å². The van der Waals surface area contributed by atoms with Gasteiger partial charge in [-0.1, -0.05) is 169 Å². The zero-order chi connectivity index (χ0) is 37.6. The molecule has 10 aromatic carbocycles. The molecule has 0 atom stereocenters. The molecule has 2 heteroatoms. The minimum atomic E-state index is 1.13. The lowest BCUT2D eigenvalue weighted by Gasteiger charge is -2.29. The minimum Gasteiger partial charge on any atom is -0.309 e. The van der Waals surface area contributed by atoms with Gasteiger partial charge in [0.2, 0.25) is 0 Å². The Kier molecular flexibility index (Phi) is 8.30. The van der Waals surface area contributed by atoms with Gasteiger partial charge in [0.1, 0.15) is 0 Å². The maximum atomic E-state index is 2.43. The van der Waals surface area contributed by atoms with Crippen LogP contribution in [0, 0.1) is 13.8 Å². The molecule has 0 spiro atoms. The summed E-state index contributed by atoms with van der Waals surface area (Å²) in [6.45, 7) is 4.29. The molecule has 0 aliphatic rings. The molecule has 0 amide bonds. The van der Waals surface area contributed by atoms with E-state index >= 15 is 0 Å². The molecule has 56 heavy (non-hydrogen) atoms. The number of fused-ring (bicyclic) bond motifs is 4. The fourth-order valence-corrected chi connectivity index (χ4v) is 8.44. The maximum absolute atomic E-state index is 2.43. The molecule has 0 N–H and O–H groups in total. The van der Waals surface area contributed by atoms with E-state index in [9.17, 15) is 0 Å². The zero-order valence-corrected chi connectivity index (χ0v) is 31.5. The Morgan fingerprint density at radius 1 is 0.250 bits per heavy atom. The molecule has 0 aliphatic heterocycles. The first-order chi connectivity index (χ1) is 27.6. The van der Waals surface area contributed by atoms with Crippen molar-refractivity contribution in [2.45, 2.75) is 13.8 Å². The van der Waals surface area contributed by atoms with Crippen LogP contribution in [0.4, 0.5) is 34.1 Å². The highest BCUT2D eigenvalue weighted by Gasteiger charge is 2.22. The van der Waals surface area contributed by atoms with Crippen LogP contribution < -0.4 is 9.80 Å². The smallest absolute Gasteiger partial charge is 0.0540 e. The standard InChI is InChI=1S/C54H40N2/c1-37-25-29-41(30-26-37)55(51-23-11-15-39-13-3-5-17-43(39)51)53-35-33-47(45-19-7-9-21-49(45)53)48-34-36-54(50-22-10-8-20-46(48)50)56(42-31-27-38(2)28-32-42)52-24-12-16-40-14-4-6-18-44(40)52/h3-36H,1-2H3. The third-order valence-corrected chi connectivity index (χ3v) is 11.2. The monoisotopic (exact) mass is 716 g/mol. The van der Waals surface area contributed by atoms with Crippen molar-refractivity contribution in [3.05, 3.63) is 217 Å². The molecule has 10 rings (SSSR count). The molecule has 266 valence electrons. The van der Waals surface area contributed by atoms with Crippen LogP contribution in [-0.4, -0.2) is 0 Å². The van der Waals surface area contributed by atoms with Crippen LogP contribution in [0.2, 0.25) is 0 Å². The van der Waals surface area contributed by atoms with Crippen molar-refractivity contribution in [3.8, 4) is 11.1 Å². The van der Waals surface area contributed by atoms with E-state index in [1.807, 2.05) is 0 Å². The Morgan fingerprint density at radius 2 is 0.571 bits per heavy atom. The topological polar surface area (TPSA) is 6.48 Å². The molecular formula is C54H40N2. The van der Waals surface area contributed by atoms with Crippen LogP contribution in [0.25, 0.3) is 54.2 Å². The summed E-state index contributed by atoms with van der Waals surface area (Å²) < 4.78 is 0. The molecule has 0 unspecified atom stereocenters. The molecule has 0 heterocycles. The first kappa shape index (κ1) is 33.4. The van der Waals surface area contributed by atoms with E-state index in [-0.39, 0.29) is 0 Å². The Morgan fingerprint density at radius 3 is 0.982 bits per heavy atom. The van der Waals surface area contributed by atoms with Crippen molar-refractivity contribution in [3.63, 3.8) is 0 Å². The highest BCUT2D eigenvalue weighted by Crippen LogP contribution is 2.47. The van der Waals surface area contributed by atoms with Gasteiger partial charge in [0.05, 0.1) is 22.7 Å². The number of hydrogen-bond donors (Lipinski definition) is 0. The van der Waals surface area contributed by atoms with Gasteiger partial charge in [0.25, 0.3) is 0 Å². The van der Waals surface area contributed by atoms with E-state index in [0.717, 1.165) is 34.1 Å². The van der Waals surface area contributed by atoms with Gasteiger partial charge in [0, 0.05) is 32.9 Å². The van der Waals surface area contributed by atoms with Gasteiger partial charge in [-0.3, -0.25) is 0 Å². The van der Waals surface area contributed by atoms with Gasteiger partial charge in [-0.15, -0.1) is 0 Å². The second kappa shape index (κ2) is 13.9. The van der Waals surface area contributed by atoms with E-state index in [4.69, 9.17) is 0 Å². The first-order valence-electron chi connectivity index (χ1n) is 19.4. The predicted molar refractivity (Wildman–Crippen MR) is 241 cm³/mol. The maximum Gasteiger partial charge on any atom is 0.0540 e. The molecule has 0 fully saturated rings. The molecule has 2 nitrogen and oxygen atoms in total. The zero-order valence-electron chi connectivity index (χ0n) is 31.5. The largest absolute Gasteiger partial charge is 0.309 e. The van der Waals surface area contributed by atoms with E-state index in [1.165, 1.54) is 65.3 Å². The Bertz CT molecular complexity index is 2830. The molecule has 10 aromatic rings. The molecule has 0 aromatic heterocycles. The molecule has 0 bridgehead atoms. The fourth-order valence-electron chi connectivity index (χ4n) is 8.44. The molecule has 0 aliphatic carbocycles. The molecule has 0 saturated heterocycles. The summed E-state index contributed by atoms with van der Waals surface area (Å²) in [5.74, 6) is 0. The lowest BCUT2D eigenvalue weighted by atomic mass is 9.91. The Labute approximate surface area is 328 Å². The van der Waals surface area contributed by atoms with Crippen LogP contribution in [0.15, 0.2) is 206 Å². The van der Waals surface area contributed by atoms with Crippen molar-refractivity contribution in [1.82, 2.24) is 0 Å². The van der Waals surface area contributed by atoms with Crippen LogP contribution >= 0.6 is 0 Å². The highest BCUT2D eigenvalue weighted by molar-refractivity contribution is 6.14. The number of rotatable bonds is 7. The number of hydrogen-bond acceptors (Lipinski definition) is 2. The highest BCUT2D eigenvalue weighted by atomic mass is 15.2. The number of aryl methyl sites for hydroxylation is 2.